The molecule has 4 N–H and O–H groups in total. The molecule has 0 radical (unpaired) electrons. The fourth-order valence-corrected chi connectivity index (χ4v) is 3.35. The number of anilines is 2. The Morgan fingerprint density at radius 2 is 1.88 bits per heavy atom. The second kappa shape index (κ2) is 10.2. The number of ether oxygens (including phenoxy) is 1. The third-order valence-electron chi connectivity index (χ3n) is 5.15. The lowest BCUT2D eigenvalue weighted by molar-refractivity contribution is -0.137. The minimum absolute atomic E-state index is 0.0646. The van der Waals surface area contributed by atoms with Gasteiger partial charge in [-0.1, -0.05) is 29.4 Å². The van der Waals surface area contributed by atoms with E-state index in [1.54, 1.807) is 24.3 Å². The number of carbonyl (C=O) groups is 2. The Hall–Kier alpha value is -4.11. The van der Waals surface area contributed by atoms with Crippen LogP contribution in [0.2, 0.25) is 0 Å². The molecule has 9 nitrogen and oxygen atoms in total. The average Bonchev–Trinajstić information content (AvgIpc) is 3.28. The maximum Gasteiger partial charge on any atom is 0.418 e. The minimum Gasteiger partial charge on any atom is -0.410 e. The number of alkyl halides is 3. The van der Waals surface area contributed by atoms with Gasteiger partial charge in [0.05, 0.1) is 17.9 Å². The summed E-state index contributed by atoms with van der Waals surface area (Å²) in [4.78, 5) is 24.9. The summed E-state index contributed by atoms with van der Waals surface area (Å²) in [6.07, 6.45) is -4.35. The minimum atomic E-state index is -4.50. The van der Waals surface area contributed by atoms with Crippen LogP contribution >= 0.6 is 0 Å². The molecule has 0 aliphatic carbocycles. The van der Waals surface area contributed by atoms with Crippen LogP contribution in [0, 0.1) is 11.3 Å². The number of benzene rings is 2. The summed E-state index contributed by atoms with van der Waals surface area (Å²) in [6.45, 7) is 0.136. The van der Waals surface area contributed by atoms with E-state index in [0.717, 1.165) is 6.07 Å². The number of hydrogen-bond acceptors (Lipinski definition) is 7. The van der Waals surface area contributed by atoms with Crippen molar-refractivity contribution in [2.45, 2.75) is 24.7 Å². The van der Waals surface area contributed by atoms with Crippen molar-refractivity contribution in [3.05, 3.63) is 59.7 Å². The van der Waals surface area contributed by atoms with Crippen molar-refractivity contribution in [3.63, 3.8) is 0 Å². The summed E-state index contributed by atoms with van der Waals surface area (Å²) >= 11 is 0. The lowest BCUT2D eigenvalue weighted by atomic mass is 9.96. The summed E-state index contributed by atoms with van der Waals surface area (Å²) in [7, 11) is 0. The molecule has 0 saturated carbocycles. The fourth-order valence-electron chi connectivity index (χ4n) is 3.35. The van der Waals surface area contributed by atoms with Gasteiger partial charge in [-0.3, -0.25) is 9.59 Å². The number of halogens is 3. The van der Waals surface area contributed by atoms with E-state index < -0.39 is 34.8 Å². The number of rotatable bonds is 7. The Bertz CT molecular complexity index is 1120. The van der Waals surface area contributed by atoms with Crippen LogP contribution in [0.15, 0.2) is 53.7 Å². The Labute approximate surface area is 192 Å². The van der Waals surface area contributed by atoms with Gasteiger partial charge in [0.15, 0.2) is 0 Å². The van der Waals surface area contributed by atoms with Gasteiger partial charge in [0.1, 0.15) is 11.6 Å². The highest BCUT2D eigenvalue weighted by atomic mass is 19.4. The molecule has 0 unspecified atom stereocenters. The van der Waals surface area contributed by atoms with Gasteiger partial charge in [0.25, 0.3) is 5.91 Å². The Morgan fingerprint density at radius 1 is 1.18 bits per heavy atom. The molecule has 0 aromatic heterocycles. The summed E-state index contributed by atoms with van der Waals surface area (Å²) in [5.74, 6) is -1.57. The molecule has 1 aliphatic rings. The molecule has 178 valence electrons. The summed E-state index contributed by atoms with van der Waals surface area (Å²) < 4.78 is 44.7. The number of para-hydroxylation sites is 1. The van der Waals surface area contributed by atoms with Crippen molar-refractivity contribution in [2.75, 3.05) is 18.5 Å². The molecule has 2 aromatic rings. The number of nitrogens with one attached hydrogen (secondary N) is 3. The van der Waals surface area contributed by atoms with Gasteiger partial charge >= 0.3 is 6.18 Å². The van der Waals surface area contributed by atoms with E-state index >= 15 is 0 Å². The third kappa shape index (κ3) is 5.62. The van der Waals surface area contributed by atoms with Crippen LogP contribution in [0.25, 0.3) is 0 Å². The van der Waals surface area contributed by atoms with Crippen LogP contribution in [0.5, 0.6) is 0 Å². The Balaban J connectivity index is 1.64. The first-order valence-corrected chi connectivity index (χ1v) is 10.0. The molecule has 1 atom stereocenters. The van der Waals surface area contributed by atoms with Crippen molar-refractivity contribution in [3.8, 4) is 6.07 Å². The molecular weight excluding hydrogens is 455 g/mol. The molecule has 34 heavy (non-hydrogen) atoms. The van der Waals surface area contributed by atoms with E-state index in [9.17, 15) is 22.8 Å². The predicted molar refractivity (Wildman–Crippen MR) is 114 cm³/mol. The molecule has 2 aromatic carbocycles. The van der Waals surface area contributed by atoms with Gasteiger partial charge < -0.3 is 25.9 Å². The smallest absolute Gasteiger partial charge is 0.410 e. The SMILES string of the molecule is N#C/C(=N\O)C(=O)N[C@@]1(C(=O)NCc2ccc(Nc3ccccc3C(F)(F)F)cc2)CCOC1. The molecule has 3 rings (SSSR count). The van der Waals surface area contributed by atoms with Gasteiger partial charge in [-0.05, 0) is 29.8 Å². The van der Waals surface area contributed by atoms with Crippen molar-refractivity contribution in [1.82, 2.24) is 10.6 Å². The maximum atomic E-state index is 13.2. The predicted octanol–water partition coefficient (Wildman–Crippen LogP) is 2.69. The second-order valence-electron chi connectivity index (χ2n) is 7.45. The lowest BCUT2D eigenvalue weighted by Gasteiger charge is -2.27. The van der Waals surface area contributed by atoms with E-state index in [1.807, 2.05) is 0 Å². The summed E-state index contributed by atoms with van der Waals surface area (Å²) in [6, 6.07) is 12.9. The molecule has 1 aliphatic heterocycles. The molecule has 2 amide bonds. The van der Waals surface area contributed by atoms with Crippen LogP contribution in [-0.2, 0) is 27.0 Å². The monoisotopic (exact) mass is 475 g/mol. The van der Waals surface area contributed by atoms with Crippen LogP contribution in [0.1, 0.15) is 17.5 Å². The Kier molecular flexibility index (Phi) is 7.37. The first-order chi connectivity index (χ1) is 16.2. The van der Waals surface area contributed by atoms with Crippen molar-refractivity contribution >= 4 is 28.9 Å². The van der Waals surface area contributed by atoms with Crippen molar-refractivity contribution in [2.24, 2.45) is 5.16 Å². The number of hydrogen-bond donors (Lipinski definition) is 4. The summed E-state index contributed by atoms with van der Waals surface area (Å²) in [5.41, 5.74) is -2.03. The number of nitriles is 1. The van der Waals surface area contributed by atoms with E-state index in [4.69, 9.17) is 15.2 Å². The second-order valence-corrected chi connectivity index (χ2v) is 7.45. The highest BCUT2D eigenvalue weighted by molar-refractivity contribution is 6.45. The largest absolute Gasteiger partial charge is 0.418 e. The number of nitrogens with zero attached hydrogens (tertiary/aromatic N) is 2. The van der Waals surface area contributed by atoms with Crippen LogP contribution in [-0.4, -0.2) is 41.5 Å². The van der Waals surface area contributed by atoms with E-state index in [0.29, 0.717) is 11.3 Å². The molecule has 0 spiro atoms. The Morgan fingerprint density at radius 3 is 2.47 bits per heavy atom. The van der Waals surface area contributed by atoms with Gasteiger partial charge in [-0.2, -0.15) is 18.4 Å². The topological polar surface area (TPSA) is 136 Å². The van der Waals surface area contributed by atoms with Crippen molar-refractivity contribution in [1.29, 1.82) is 5.26 Å². The molecule has 1 heterocycles. The van der Waals surface area contributed by atoms with E-state index in [1.165, 1.54) is 24.3 Å². The molecule has 12 heteroatoms. The van der Waals surface area contributed by atoms with Crippen LogP contribution < -0.4 is 16.0 Å². The van der Waals surface area contributed by atoms with Gasteiger partial charge in [0, 0.05) is 25.3 Å². The quantitative estimate of drug-likeness (QED) is 0.276. The molecular formula is C22H20F3N5O4. The standard InChI is InChI=1S/C22H20F3N5O4/c23-22(24,25)16-3-1-2-4-17(16)28-15-7-5-14(6-8-15)12-27-20(32)21(9-10-34-13-21)29-19(31)18(11-26)30-33/h1-8,28,33H,9-10,12-13H2,(H,27,32)(H,29,31)/b30-18+/t21-/m0/s1. The number of oxime groups is 1. The first-order valence-electron chi connectivity index (χ1n) is 10.0. The zero-order valence-electron chi connectivity index (χ0n) is 17.6. The van der Waals surface area contributed by atoms with Crippen molar-refractivity contribution < 1.29 is 32.7 Å². The highest BCUT2D eigenvalue weighted by Gasteiger charge is 2.44. The first kappa shape index (κ1) is 24.5. The summed E-state index contributed by atoms with van der Waals surface area (Å²) in [5, 5.41) is 27.9. The lowest BCUT2D eigenvalue weighted by Crippen LogP contribution is -2.60. The maximum absolute atomic E-state index is 13.2. The van der Waals surface area contributed by atoms with Gasteiger partial charge in [0.2, 0.25) is 11.6 Å². The molecule has 1 saturated heterocycles. The normalized spacial score (nSPS) is 18.1. The fraction of sp³-hybridized carbons (Fsp3) is 0.273. The number of carbonyl (C=O) groups excluding carboxylic acids is 2. The third-order valence-corrected chi connectivity index (χ3v) is 5.15. The number of amides is 2. The average molecular weight is 475 g/mol. The van der Waals surface area contributed by atoms with Gasteiger partial charge in [-0.15, -0.1) is 0 Å². The van der Waals surface area contributed by atoms with Crippen LogP contribution in [0.4, 0.5) is 24.5 Å². The molecule has 1 fully saturated rings. The highest BCUT2D eigenvalue weighted by Crippen LogP contribution is 2.35. The van der Waals surface area contributed by atoms with E-state index in [2.05, 4.69) is 21.1 Å². The zero-order chi connectivity index (χ0) is 24.8. The van der Waals surface area contributed by atoms with Crippen LogP contribution in [0.3, 0.4) is 0 Å². The zero-order valence-corrected chi connectivity index (χ0v) is 17.6. The molecule has 0 bridgehead atoms. The van der Waals surface area contributed by atoms with E-state index in [-0.39, 0.29) is 31.9 Å². The van der Waals surface area contributed by atoms with Gasteiger partial charge in [-0.25, -0.2) is 0 Å².